The van der Waals surface area contributed by atoms with E-state index in [-0.39, 0.29) is 22.0 Å². The van der Waals surface area contributed by atoms with Crippen LogP contribution < -0.4 is 0 Å². The molecule has 0 bridgehead atoms. The smallest absolute Gasteiger partial charge is 0.180 e. The highest BCUT2D eigenvalue weighted by Crippen LogP contribution is 2.44. The van der Waals surface area contributed by atoms with E-state index in [0.29, 0.717) is 5.57 Å². The van der Waals surface area contributed by atoms with Crippen molar-refractivity contribution in [1.29, 1.82) is 0 Å². The summed E-state index contributed by atoms with van der Waals surface area (Å²) in [6.07, 6.45) is 0. The maximum absolute atomic E-state index is 12.4. The topological polar surface area (TPSA) is 34.1 Å². The minimum absolute atomic E-state index is 0.0596. The van der Waals surface area contributed by atoms with Crippen molar-refractivity contribution >= 4 is 34.8 Å². The molecule has 0 spiro atoms. The van der Waals surface area contributed by atoms with Crippen molar-refractivity contribution in [3.8, 4) is 0 Å². The zero-order valence-electron chi connectivity index (χ0n) is 11.7. The summed E-state index contributed by atoms with van der Waals surface area (Å²) in [5.41, 5.74) is -0.502. The minimum atomic E-state index is -0.825. The summed E-state index contributed by atoms with van der Waals surface area (Å²) in [5.74, 6) is -0.993. The Bertz CT molecular complexity index is 422. The van der Waals surface area contributed by atoms with Gasteiger partial charge < -0.3 is 0 Å². The van der Waals surface area contributed by atoms with Gasteiger partial charge in [0, 0.05) is 5.57 Å². The Kier molecular flexibility index (Phi) is 4.06. The van der Waals surface area contributed by atoms with Crippen LogP contribution in [0, 0.1) is 16.7 Å². The number of allylic oxidation sites excluding steroid dienone is 2. The highest BCUT2D eigenvalue weighted by Gasteiger charge is 2.49. The van der Waals surface area contributed by atoms with Crippen LogP contribution in [-0.2, 0) is 9.59 Å². The predicted octanol–water partition coefficient (Wildman–Crippen LogP) is 3.95. The summed E-state index contributed by atoms with van der Waals surface area (Å²) in [6.45, 7) is 11.3. The third-order valence-electron chi connectivity index (χ3n) is 3.19. The summed E-state index contributed by atoms with van der Waals surface area (Å²) in [4.78, 5) is 24.7. The van der Waals surface area contributed by atoms with E-state index < -0.39 is 16.7 Å². The molecule has 0 saturated heterocycles. The van der Waals surface area contributed by atoms with Crippen molar-refractivity contribution in [3.05, 3.63) is 10.6 Å². The van der Waals surface area contributed by atoms with Crippen molar-refractivity contribution in [1.82, 2.24) is 0 Å². The van der Waals surface area contributed by atoms with Crippen molar-refractivity contribution in [2.45, 2.75) is 46.9 Å². The number of halogens is 2. The molecular weight excluding hydrogens is 271 g/mol. The number of carbonyl (C=O) groups excluding carboxylic acids is 2. The first-order valence-corrected chi connectivity index (χ1v) is 6.83. The van der Waals surface area contributed by atoms with Crippen LogP contribution in [0.4, 0.5) is 0 Å². The Morgan fingerprint density at radius 2 is 1.39 bits per heavy atom. The third-order valence-corrected chi connectivity index (χ3v) is 4.02. The molecule has 4 heteroatoms. The van der Waals surface area contributed by atoms with Crippen molar-refractivity contribution in [2.75, 3.05) is 0 Å². The normalized spacial score (nSPS) is 26.9. The quantitative estimate of drug-likeness (QED) is 0.633. The fourth-order valence-electron chi connectivity index (χ4n) is 2.32. The zero-order chi connectivity index (χ0) is 14.5. The summed E-state index contributed by atoms with van der Waals surface area (Å²) in [7, 11) is 0. The SMILES string of the molecule is CC(C)(C)C1=C(Cl)C(=O)C(C(C)(C)C)C(Cl)C1=O. The number of hydrogen-bond acceptors (Lipinski definition) is 2. The second-order valence-corrected chi connectivity index (χ2v) is 7.76. The number of hydrogen-bond donors (Lipinski definition) is 0. The molecule has 0 heterocycles. The molecule has 0 aliphatic heterocycles. The van der Waals surface area contributed by atoms with Gasteiger partial charge in [-0.15, -0.1) is 11.6 Å². The molecule has 18 heavy (non-hydrogen) atoms. The number of alkyl halides is 1. The van der Waals surface area contributed by atoms with Gasteiger partial charge in [-0.3, -0.25) is 9.59 Å². The van der Waals surface area contributed by atoms with E-state index in [1.807, 2.05) is 41.5 Å². The van der Waals surface area contributed by atoms with E-state index >= 15 is 0 Å². The zero-order valence-corrected chi connectivity index (χ0v) is 13.2. The molecule has 2 unspecified atom stereocenters. The van der Waals surface area contributed by atoms with Crippen LogP contribution in [0.25, 0.3) is 0 Å². The van der Waals surface area contributed by atoms with E-state index in [1.54, 1.807) is 0 Å². The van der Waals surface area contributed by atoms with Crippen LogP contribution in [0.5, 0.6) is 0 Å². The van der Waals surface area contributed by atoms with Crippen LogP contribution in [0.2, 0.25) is 0 Å². The molecule has 1 rings (SSSR count). The maximum Gasteiger partial charge on any atom is 0.180 e. The van der Waals surface area contributed by atoms with Gasteiger partial charge in [-0.2, -0.15) is 0 Å². The lowest BCUT2D eigenvalue weighted by atomic mass is 9.68. The molecule has 1 aliphatic carbocycles. The first-order chi connectivity index (χ1) is 7.89. The second kappa shape index (κ2) is 4.64. The molecule has 0 aromatic carbocycles. The van der Waals surface area contributed by atoms with Crippen molar-refractivity contribution in [2.24, 2.45) is 16.7 Å². The van der Waals surface area contributed by atoms with Gasteiger partial charge in [0.15, 0.2) is 11.6 Å². The van der Waals surface area contributed by atoms with Gasteiger partial charge in [0.05, 0.1) is 11.0 Å². The Hall–Kier alpha value is -0.340. The Morgan fingerprint density at radius 1 is 0.944 bits per heavy atom. The number of ketones is 2. The predicted molar refractivity (Wildman–Crippen MR) is 74.9 cm³/mol. The van der Waals surface area contributed by atoms with Crippen molar-refractivity contribution in [3.63, 3.8) is 0 Å². The Morgan fingerprint density at radius 3 is 1.72 bits per heavy atom. The molecule has 0 radical (unpaired) electrons. The highest BCUT2D eigenvalue weighted by molar-refractivity contribution is 6.49. The molecule has 0 N–H and O–H groups in total. The number of Topliss-reactive ketones (excluding diaryl/α,β-unsaturated/α-hetero) is 2. The van der Waals surface area contributed by atoms with Crippen LogP contribution >= 0.6 is 23.2 Å². The molecule has 1 aliphatic rings. The Balaban J connectivity index is 3.42. The summed E-state index contributed by atoms with van der Waals surface area (Å²) >= 11 is 12.3. The summed E-state index contributed by atoms with van der Waals surface area (Å²) in [5, 5.41) is -0.765. The molecule has 102 valence electrons. The van der Waals surface area contributed by atoms with Crippen LogP contribution in [-0.4, -0.2) is 16.9 Å². The average molecular weight is 291 g/mol. The number of rotatable bonds is 0. The molecule has 0 fully saturated rings. The van der Waals surface area contributed by atoms with Gasteiger partial charge in [0.2, 0.25) is 0 Å². The van der Waals surface area contributed by atoms with Crippen molar-refractivity contribution < 1.29 is 9.59 Å². The lowest BCUT2D eigenvalue weighted by Gasteiger charge is -2.38. The molecule has 0 saturated carbocycles. The van der Waals surface area contributed by atoms with Crippen LogP contribution in [0.1, 0.15) is 41.5 Å². The van der Waals surface area contributed by atoms with Gasteiger partial charge in [-0.05, 0) is 10.8 Å². The average Bonchev–Trinajstić information content (AvgIpc) is 2.10. The standard InChI is InChI=1S/C14H20Cl2O2/c1-13(2,3)7-9(15)12(18)8(14(4,5)6)10(16)11(7)17/h7,9H,1-6H3. The van der Waals surface area contributed by atoms with Crippen LogP contribution in [0.3, 0.4) is 0 Å². The summed E-state index contributed by atoms with van der Waals surface area (Å²) in [6, 6.07) is 0. The van der Waals surface area contributed by atoms with E-state index in [4.69, 9.17) is 23.2 Å². The monoisotopic (exact) mass is 290 g/mol. The second-order valence-electron chi connectivity index (χ2n) is 6.91. The Labute approximate surface area is 119 Å². The maximum atomic E-state index is 12.4. The van der Waals surface area contributed by atoms with E-state index in [2.05, 4.69) is 0 Å². The van der Waals surface area contributed by atoms with Gasteiger partial charge in [0.1, 0.15) is 5.38 Å². The molecular formula is C14H20Cl2O2. The first-order valence-electron chi connectivity index (χ1n) is 6.01. The highest BCUT2D eigenvalue weighted by atomic mass is 35.5. The van der Waals surface area contributed by atoms with Gasteiger partial charge in [-0.25, -0.2) is 0 Å². The molecule has 0 aromatic heterocycles. The van der Waals surface area contributed by atoms with E-state index in [1.165, 1.54) is 0 Å². The molecule has 0 amide bonds. The molecule has 2 atom stereocenters. The largest absolute Gasteiger partial charge is 0.293 e. The first kappa shape index (κ1) is 15.7. The van der Waals surface area contributed by atoms with Crippen LogP contribution in [0.15, 0.2) is 10.6 Å². The van der Waals surface area contributed by atoms with Gasteiger partial charge in [0.25, 0.3) is 0 Å². The van der Waals surface area contributed by atoms with E-state index in [0.717, 1.165) is 0 Å². The third kappa shape index (κ3) is 2.65. The summed E-state index contributed by atoms with van der Waals surface area (Å²) < 4.78 is 0. The molecule has 0 aromatic rings. The molecule has 2 nitrogen and oxygen atoms in total. The fourth-order valence-corrected chi connectivity index (χ4v) is 3.42. The van der Waals surface area contributed by atoms with Gasteiger partial charge in [-0.1, -0.05) is 53.1 Å². The lowest BCUT2D eigenvalue weighted by Crippen LogP contribution is -2.46. The van der Waals surface area contributed by atoms with E-state index in [9.17, 15) is 9.59 Å². The fraction of sp³-hybridized carbons (Fsp3) is 0.714. The minimum Gasteiger partial charge on any atom is -0.293 e. The lowest BCUT2D eigenvalue weighted by molar-refractivity contribution is -0.129. The van der Waals surface area contributed by atoms with Gasteiger partial charge >= 0.3 is 0 Å². The number of carbonyl (C=O) groups is 2.